The first-order valence-corrected chi connectivity index (χ1v) is 10.9. The zero-order chi connectivity index (χ0) is 22.1. The smallest absolute Gasteiger partial charge is 0.407 e. The van der Waals surface area contributed by atoms with Crippen LogP contribution in [0.4, 0.5) is 13.6 Å². The van der Waals surface area contributed by atoms with Crippen molar-refractivity contribution in [2.24, 2.45) is 11.1 Å². The number of rotatable bonds is 5. The molecule has 0 spiro atoms. The summed E-state index contributed by atoms with van der Waals surface area (Å²) in [5.74, 6) is -3.25. The number of carbonyl (C=O) groups is 1. The molecule has 1 aliphatic rings. The number of carboxylic acid groups (broad SMARTS) is 1. The summed E-state index contributed by atoms with van der Waals surface area (Å²) in [4.78, 5) is 11.6. The van der Waals surface area contributed by atoms with E-state index >= 15 is 0 Å². The van der Waals surface area contributed by atoms with Crippen LogP contribution >= 0.6 is 11.6 Å². The van der Waals surface area contributed by atoms with Crippen molar-refractivity contribution in [2.45, 2.75) is 17.2 Å². The number of ether oxygens (including phenoxy) is 1. The second kappa shape index (κ2) is 8.75. The van der Waals surface area contributed by atoms with E-state index < -0.39 is 38.4 Å². The highest BCUT2D eigenvalue weighted by Crippen LogP contribution is 2.35. The summed E-state index contributed by atoms with van der Waals surface area (Å²) >= 11 is 5.93. The van der Waals surface area contributed by atoms with Gasteiger partial charge in [0.25, 0.3) is 0 Å². The minimum absolute atomic E-state index is 0.0885. The maximum absolute atomic E-state index is 14.3. The van der Waals surface area contributed by atoms with E-state index in [0.717, 1.165) is 5.56 Å². The molecule has 7 nitrogen and oxygen atoms in total. The SMILES string of the molecule is NS(=O)(=O)c1cc(F)c(OC[C@H]2CN(C(=O)O)CC[C@@H]2c2ccc(Cl)cc2)cc1F. The number of nitrogens with zero attached hydrogens (tertiary/aromatic N) is 1. The zero-order valence-corrected chi connectivity index (χ0v) is 17.2. The number of hydrogen-bond acceptors (Lipinski definition) is 4. The van der Waals surface area contributed by atoms with Crippen molar-refractivity contribution in [1.82, 2.24) is 4.90 Å². The van der Waals surface area contributed by atoms with Crippen LogP contribution in [0.2, 0.25) is 5.02 Å². The number of primary sulfonamides is 1. The molecule has 11 heteroatoms. The summed E-state index contributed by atoms with van der Waals surface area (Å²) in [7, 11) is -4.43. The molecule has 0 aromatic heterocycles. The van der Waals surface area contributed by atoms with Crippen molar-refractivity contribution in [1.29, 1.82) is 0 Å². The highest BCUT2D eigenvalue weighted by Gasteiger charge is 2.33. The largest absolute Gasteiger partial charge is 0.490 e. The lowest BCUT2D eigenvalue weighted by atomic mass is 9.81. The Morgan fingerprint density at radius 2 is 1.90 bits per heavy atom. The van der Waals surface area contributed by atoms with Gasteiger partial charge in [-0.25, -0.2) is 27.1 Å². The third-order valence-corrected chi connectivity index (χ3v) is 6.23. The predicted molar refractivity (Wildman–Crippen MR) is 105 cm³/mol. The van der Waals surface area contributed by atoms with Gasteiger partial charge in [-0.2, -0.15) is 0 Å². The zero-order valence-electron chi connectivity index (χ0n) is 15.6. The first-order chi connectivity index (χ1) is 14.1. The summed E-state index contributed by atoms with van der Waals surface area (Å²) < 4.78 is 56.3. The molecular weight excluding hydrogens is 442 g/mol. The number of amides is 1. The Balaban J connectivity index is 1.83. The van der Waals surface area contributed by atoms with Gasteiger partial charge >= 0.3 is 6.09 Å². The van der Waals surface area contributed by atoms with Gasteiger partial charge in [0.1, 0.15) is 10.7 Å². The molecule has 0 unspecified atom stereocenters. The molecule has 3 N–H and O–H groups in total. The Bertz CT molecular complexity index is 1050. The van der Waals surface area contributed by atoms with Gasteiger partial charge in [-0.3, -0.25) is 0 Å². The lowest BCUT2D eigenvalue weighted by molar-refractivity contribution is 0.0927. The fourth-order valence-electron chi connectivity index (χ4n) is 3.56. The fraction of sp³-hybridized carbons (Fsp3) is 0.316. The highest BCUT2D eigenvalue weighted by molar-refractivity contribution is 7.89. The summed E-state index contributed by atoms with van der Waals surface area (Å²) in [5, 5.41) is 14.7. The van der Waals surface area contributed by atoms with E-state index in [1.807, 2.05) is 12.1 Å². The molecule has 30 heavy (non-hydrogen) atoms. The lowest BCUT2D eigenvalue weighted by Crippen LogP contribution is -2.44. The minimum Gasteiger partial charge on any atom is -0.490 e. The van der Waals surface area contributed by atoms with E-state index in [4.69, 9.17) is 21.5 Å². The second-order valence-electron chi connectivity index (χ2n) is 7.00. The maximum Gasteiger partial charge on any atom is 0.407 e. The molecule has 0 bridgehead atoms. The maximum atomic E-state index is 14.3. The Kier molecular flexibility index (Phi) is 6.49. The average Bonchev–Trinajstić information content (AvgIpc) is 2.68. The molecule has 162 valence electrons. The third kappa shape index (κ3) is 5.00. The van der Waals surface area contributed by atoms with Crippen LogP contribution in [0.25, 0.3) is 0 Å². The first-order valence-electron chi connectivity index (χ1n) is 8.94. The second-order valence-corrected chi connectivity index (χ2v) is 8.97. The number of hydrogen-bond donors (Lipinski definition) is 2. The van der Waals surface area contributed by atoms with Gasteiger partial charge in [0.15, 0.2) is 11.6 Å². The van der Waals surface area contributed by atoms with Gasteiger partial charge in [0.2, 0.25) is 10.0 Å². The molecular formula is C19H19ClF2N2O5S. The number of nitrogens with two attached hydrogens (primary N) is 1. The molecule has 2 aromatic carbocycles. The number of benzene rings is 2. The van der Waals surface area contributed by atoms with E-state index in [2.05, 4.69) is 0 Å². The van der Waals surface area contributed by atoms with Crippen LogP contribution in [-0.2, 0) is 10.0 Å². The van der Waals surface area contributed by atoms with E-state index in [1.165, 1.54) is 4.90 Å². The summed E-state index contributed by atoms with van der Waals surface area (Å²) in [6.45, 7) is 0.356. The Hall–Kier alpha value is -2.43. The number of sulfonamides is 1. The fourth-order valence-corrected chi connectivity index (χ4v) is 4.28. The third-order valence-electron chi connectivity index (χ3n) is 5.05. The van der Waals surface area contributed by atoms with E-state index in [1.54, 1.807) is 12.1 Å². The summed E-state index contributed by atoms with van der Waals surface area (Å²) in [6.07, 6.45) is -0.562. The van der Waals surface area contributed by atoms with Crippen LogP contribution in [-0.4, -0.2) is 44.2 Å². The molecule has 1 heterocycles. The van der Waals surface area contributed by atoms with Crippen molar-refractivity contribution >= 4 is 27.7 Å². The molecule has 3 rings (SSSR count). The van der Waals surface area contributed by atoms with Crippen molar-refractivity contribution in [2.75, 3.05) is 19.7 Å². The van der Waals surface area contributed by atoms with Crippen molar-refractivity contribution in [3.63, 3.8) is 0 Å². The van der Waals surface area contributed by atoms with Gasteiger partial charge in [-0.1, -0.05) is 23.7 Å². The van der Waals surface area contributed by atoms with Crippen LogP contribution in [0.15, 0.2) is 41.3 Å². The molecule has 1 fully saturated rings. The van der Waals surface area contributed by atoms with Gasteiger partial charge in [0.05, 0.1) is 6.61 Å². The molecule has 0 aliphatic carbocycles. The molecule has 1 amide bonds. The molecule has 2 atom stereocenters. The van der Waals surface area contributed by atoms with Crippen LogP contribution in [0, 0.1) is 17.6 Å². The number of likely N-dealkylation sites (tertiary alicyclic amines) is 1. The summed E-state index contributed by atoms with van der Waals surface area (Å²) in [6, 6.07) is 8.18. The van der Waals surface area contributed by atoms with Crippen molar-refractivity contribution in [3.8, 4) is 5.75 Å². The highest BCUT2D eigenvalue weighted by atomic mass is 35.5. The van der Waals surface area contributed by atoms with Crippen LogP contribution in [0.1, 0.15) is 17.9 Å². The molecule has 1 aliphatic heterocycles. The van der Waals surface area contributed by atoms with Gasteiger partial charge in [-0.15, -0.1) is 0 Å². The quantitative estimate of drug-likeness (QED) is 0.710. The Morgan fingerprint density at radius 3 is 2.50 bits per heavy atom. The van der Waals surface area contributed by atoms with E-state index in [-0.39, 0.29) is 25.0 Å². The number of halogens is 3. The Labute approximate surface area is 177 Å². The minimum atomic E-state index is -4.43. The van der Waals surface area contributed by atoms with Crippen LogP contribution in [0.5, 0.6) is 5.75 Å². The van der Waals surface area contributed by atoms with Gasteiger partial charge in [0, 0.05) is 36.2 Å². The Morgan fingerprint density at radius 1 is 1.23 bits per heavy atom. The van der Waals surface area contributed by atoms with Crippen LogP contribution < -0.4 is 9.88 Å². The molecule has 0 saturated carbocycles. The lowest BCUT2D eigenvalue weighted by Gasteiger charge is -2.37. The predicted octanol–water partition coefficient (Wildman–Crippen LogP) is 3.43. The normalized spacial score (nSPS) is 19.5. The topological polar surface area (TPSA) is 110 Å². The average molecular weight is 461 g/mol. The standard InChI is InChI=1S/C19H19ClF2N2O5S/c20-13-3-1-11(2-4-13)14-5-6-24(19(25)26)9-12(14)10-29-17-7-16(22)18(8-15(17)21)30(23,27)28/h1-4,7-8,12,14H,5-6,9-10H2,(H,25,26)(H2,23,27,28)/t12-,14-/m1/s1. The van der Waals surface area contributed by atoms with Crippen LogP contribution in [0.3, 0.4) is 0 Å². The van der Waals surface area contributed by atoms with Crippen molar-refractivity contribution < 1.29 is 31.8 Å². The van der Waals surface area contributed by atoms with Crippen molar-refractivity contribution in [3.05, 3.63) is 58.6 Å². The molecule has 2 aromatic rings. The molecule has 1 saturated heterocycles. The molecule has 0 radical (unpaired) electrons. The number of piperidine rings is 1. The van der Waals surface area contributed by atoms with Gasteiger partial charge in [-0.05, 0) is 30.0 Å². The summed E-state index contributed by atoms with van der Waals surface area (Å²) in [5.41, 5.74) is 0.925. The monoisotopic (exact) mass is 460 g/mol. The van der Waals surface area contributed by atoms with E-state index in [9.17, 15) is 27.1 Å². The first kappa shape index (κ1) is 22.3. The van der Waals surface area contributed by atoms with Gasteiger partial charge < -0.3 is 14.7 Å². The van der Waals surface area contributed by atoms with E-state index in [0.29, 0.717) is 30.1 Å².